The van der Waals surface area contributed by atoms with Gasteiger partial charge in [0.2, 0.25) is 5.91 Å². The Morgan fingerprint density at radius 1 is 1.64 bits per heavy atom. The number of hydrogen-bond donors (Lipinski definition) is 3. The minimum absolute atomic E-state index is 0.0459. The molecule has 1 aromatic heterocycles. The molecule has 0 spiro atoms. The van der Waals surface area contributed by atoms with Crippen molar-refractivity contribution in [2.24, 2.45) is 18.0 Å². The van der Waals surface area contributed by atoms with Crippen LogP contribution in [0.4, 0.5) is 0 Å². The summed E-state index contributed by atoms with van der Waals surface area (Å²) >= 11 is 0. The van der Waals surface area contributed by atoms with E-state index in [1.54, 1.807) is 10.9 Å². The third-order valence-corrected chi connectivity index (χ3v) is 3.26. The number of nitrogens with one attached hydrogen (secondary N) is 2. The summed E-state index contributed by atoms with van der Waals surface area (Å²) in [6, 6.07) is 0.0607. The van der Waals surface area contributed by atoms with Crippen LogP contribution < -0.4 is 5.32 Å². The van der Waals surface area contributed by atoms with Gasteiger partial charge in [-0.05, 0) is 25.1 Å². The number of ether oxygens (including phenoxy) is 1. The average molecular weight is 305 g/mol. The molecule has 22 heavy (non-hydrogen) atoms. The Labute approximate surface area is 128 Å². The number of imidazole rings is 1. The molecule has 3 N–H and O–H groups in total. The number of carbonyl (C=O) groups is 1. The van der Waals surface area contributed by atoms with Gasteiger partial charge in [-0.3, -0.25) is 10.1 Å². The Balaban J connectivity index is 2.43. The van der Waals surface area contributed by atoms with Crippen LogP contribution in [0.15, 0.2) is 23.2 Å². The molecule has 0 radical (unpaired) electrons. The highest BCUT2D eigenvalue weighted by Crippen LogP contribution is 2.28. The molecule has 1 aliphatic heterocycles. The lowest BCUT2D eigenvalue weighted by molar-refractivity contribution is -0.123. The van der Waals surface area contributed by atoms with Crippen LogP contribution in [0.2, 0.25) is 0 Å². The largest absolute Gasteiger partial charge is 0.462 e. The van der Waals surface area contributed by atoms with E-state index >= 15 is 0 Å². The van der Waals surface area contributed by atoms with Crippen LogP contribution in [0, 0.1) is 11.3 Å². The van der Waals surface area contributed by atoms with Crippen molar-refractivity contribution in [3.63, 3.8) is 0 Å². The van der Waals surface area contributed by atoms with Crippen molar-refractivity contribution >= 4 is 23.7 Å². The summed E-state index contributed by atoms with van der Waals surface area (Å²) in [7, 11) is 1.86. The Hall–Kier alpha value is -2.48. The van der Waals surface area contributed by atoms with E-state index in [-0.39, 0.29) is 31.6 Å². The lowest BCUT2D eigenvalue weighted by Gasteiger charge is -2.23. The van der Waals surface area contributed by atoms with E-state index in [0.717, 1.165) is 5.57 Å². The first-order valence-corrected chi connectivity index (χ1v) is 6.88. The number of aromatic nitrogens is 2. The third-order valence-electron chi connectivity index (χ3n) is 3.26. The van der Waals surface area contributed by atoms with Gasteiger partial charge in [-0.15, -0.1) is 0 Å². The predicted octanol–water partition coefficient (Wildman–Crippen LogP) is 0.302. The van der Waals surface area contributed by atoms with Gasteiger partial charge in [0.05, 0.1) is 30.2 Å². The number of hydrogen-bond acceptors (Lipinski definition) is 6. The Kier molecular flexibility index (Phi) is 5.05. The second-order valence-electron chi connectivity index (χ2n) is 4.91. The molecule has 0 fully saturated rings. The molecule has 0 aliphatic carbocycles. The lowest BCUT2D eigenvalue weighted by Crippen LogP contribution is -2.42. The van der Waals surface area contributed by atoms with Gasteiger partial charge < -0.3 is 19.8 Å². The van der Waals surface area contributed by atoms with Gasteiger partial charge in [0.15, 0.2) is 0 Å². The summed E-state index contributed by atoms with van der Waals surface area (Å²) in [4.78, 5) is 20.8. The van der Waals surface area contributed by atoms with Crippen molar-refractivity contribution in [2.75, 3.05) is 13.2 Å². The van der Waals surface area contributed by atoms with Gasteiger partial charge >= 0.3 is 0 Å². The fourth-order valence-electron chi connectivity index (χ4n) is 2.16. The van der Waals surface area contributed by atoms with Crippen molar-refractivity contribution in [3.05, 3.63) is 23.9 Å². The topological polar surface area (TPSA) is 113 Å². The first-order valence-electron chi connectivity index (χ1n) is 6.88. The van der Waals surface area contributed by atoms with E-state index in [9.17, 15) is 4.79 Å². The van der Waals surface area contributed by atoms with Gasteiger partial charge in [0.1, 0.15) is 6.61 Å². The van der Waals surface area contributed by atoms with Crippen molar-refractivity contribution in [1.29, 1.82) is 5.41 Å². The smallest absolute Gasteiger partial charge is 0.296 e. The van der Waals surface area contributed by atoms with Gasteiger partial charge in [0, 0.05) is 13.2 Å². The van der Waals surface area contributed by atoms with E-state index in [1.165, 1.54) is 6.21 Å². The van der Waals surface area contributed by atoms with E-state index in [0.29, 0.717) is 11.4 Å². The summed E-state index contributed by atoms with van der Waals surface area (Å²) in [5.74, 6) is -0.835. The molecule has 1 atom stereocenters. The van der Waals surface area contributed by atoms with Crippen LogP contribution in [0.1, 0.15) is 19.0 Å². The molecule has 2 heterocycles. The SMILES string of the molecule is C/C(=C1/N=C(OCCO)NC(=O)C1CC=N)c1cn(C)cn1. The molecule has 118 valence electrons. The number of carbonyl (C=O) groups excluding carboxylic acids is 1. The molecule has 0 bridgehead atoms. The fraction of sp³-hybridized carbons (Fsp3) is 0.429. The van der Waals surface area contributed by atoms with Crippen LogP contribution in [0.25, 0.3) is 5.57 Å². The van der Waals surface area contributed by atoms with Crippen LogP contribution in [0.3, 0.4) is 0 Å². The zero-order valence-corrected chi connectivity index (χ0v) is 12.5. The molecule has 0 aromatic carbocycles. The molecule has 8 nitrogen and oxygen atoms in total. The van der Waals surface area contributed by atoms with Crippen molar-refractivity contribution < 1.29 is 14.6 Å². The zero-order chi connectivity index (χ0) is 16.1. The number of allylic oxidation sites excluding steroid dienone is 1. The summed E-state index contributed by atoms with van der Waals surface area (Å²) in [6.45, 7) is 1.71. The normalized spacial score (nSPS) is 20.2. The number of aliphatic hydroxyl groups is 1. The number of amidine groups is 1. The molecule has 1 aromatic rings. The predicted molar refractivity (Wildman–Crippen MR) is 81.3 cm³/mol. The molecule has 1 unspecified atom stereocenters. The summed E-state index contributed by atoms with van der Waals surface area (Å²) < 4.78 is 7.01. The maximum atomic E-state index is 12.2. The molecular weight excluding hydrogens is 286 g/mol. The molecule has 1 amide bonds. The van der Waals surface area contributed by atoms with E-state index < -0.39 is 5.92 Å². The number of aliphatic imine (C=N–C) groups is 1. The molecule has 0 saturated heterocycles. The zero-order valence-electron chi connectivity index (χ0n) is 12.5. The minimum Gasteiger partial charge on any atom is -0.462 e. The van der Waals surface area contributed by atoms with Crippen molar-refractivity contribution in [3.8, 4) is 0 Å². The number of amides is 1. The fourth-order valence-corrected chi connectivity index (χ4v) is 2.16. The molecule has 2 rings (SSSR count). The number of nitrogens with zero attached hydrogens (tertiary/aromatic N) is 3. The second-order valence-corrected chi connectivity index (χ2v) is 4.91. The highest BCUT2D eigenvalue weighted by molar-refractivity contribution is 6.01. The standard InChI is InChI=1S/C14H19N5O3/c1-9(11-7-19(2)8-16-11)12-10(3-4-15)13(21)18-14(17-12)22-6-5-20/h4,7-8,10,15,20H,3,5-6H2,1-2H3,(H,17,18,21)/b12-9-,15-4?. The van der Waals surface area contributed by atoms with Crippen LogP contribution in [0.5, 0.6) is 0 Å². The van der Waals surface area contributed by atoms with Crippen LogP contribution in [-0.4, -0.2) is 46.0 Å². The molecule has 1 aliphatic rings. The highest BCUT2D eigenvalue weighted by atomic mass is 16.5. The van der Waals surface area contributed by atoms with Crippen molar-refractivity contribution in [2.45, 2.75) is 13.3 Å². The summed E-state index contributed by atoms with van der Waals surface area (Å²) in [6.07, 6.45) is 4.94. The van der Waals surface area contributed by atoms with Crippen LogP contribution in [-0.2, 0) is 16.6 Å². The van der Waals surface area contributed by atoms with E-state index in [2.05, 4.69) is 15.3 Å². The van der Waals surface area contributed by atoms with Gasteiger partial charge in [-0.1, -0.05) is 0 Å². The Morgan fingerprint density at radius 2 is 2.41 bits per heavy atom. The summed E-state index contributed by atoms with van der Waals surface area (Å²) in [5.41, 5.74) is 2.00. The number of aryl methyl sites for hydroxylation is 1. The average Bonchev–Trinajstić information content (AvgIpc) is 2.93. The summed E-state index contributed by atoms with van der Waals surface area (Å²) in [5, 5.41) is 18.6. The van der Waals surface area contributed by atoms with E-state index in [1.807, 2.05) is 20.2 Å². The number of rotatable bonds is 5. The van der Waals surface area contributed by atoms with E-state index in [4.69, 9.17) is 15.3 Å². The molecular formula is C14H19N5O3. The first kappa shape index (κ1) is 15.9. The van der Waals surface area contributed by atoms with Crippen molar-refractivity contribution in [1.82, 2.24) is 14.9 Å². The molecule has 8 heteroatoms. The van der Waals surface area contributed by atoms with Gasteiger partial charge in [-0.2, -0.15) is 0 Å². The number of aliphatic hydroxyl groups excluding tert-OH is 1. The van der Waals surface area contributed by atoms with Gasteiger partial charge in [0.25, 0.3) is 6.02 Å². The monoisotopic (exact) mass is 305 g/mol. The van der Waals surface area contributed by atoms with Crippen LogP contribution >= 0.6 is 0 Å². The minimum atomic E-state index is -0.555. The quantitative estimate of drug-likeness (QED) is 0.679. The van der Waals surface area contributed by atoms with Gasteiger partial charge in [-0.25, -0.2) is 9.98 Å². The lowest BCUT2D eigenvalue weighted by atomic mass is 9.95. The second kappa shape index (κ2) is 6.99. The molecule has 0 saturated carbocycles. The third kappa shape index (κ3) is 3.40. The maximum Gasteiger partial charge on any atom is 0.296 e. The maximum absolute atomic E-state index is 12.2. The Morgan fingerprint density at radius 3 is 3.00 bits per heavy atom. The Bertz CT molecular complexity index is 632. The first-order chi connectivity index (χ1) is 10.6. The highest BCUT2D eigenvalue weighted by Gasteiger charge is 2.30.